The maximum absolute atomic E-state index is 10.5. The lowest BCUT2D eigenvalue weighted by atomic mass is 10.00. The van der Waals surface area contributed by atoms with Crippen LogP contribution in [0.15, 0.2) is 18.5 Å². The summed E-state index contributed by atoms with van der Waals surface area (Å²) in [5, 5.41) is 12.1. The second-order valence-electron chi connectivity index (χ2n) is 7.12. The minimum atomic E-state index is -0.982. The number of aromatic nitrogens is 2. The highest BCUT2D eigenvalue weighted by molar-refractivity contribution is 5.84. The lowest BCUT2D eigenvalue weighted by Crippen LogP contribution is -2.47. The van der Waals surface area contributed by atoms with Crippen LogP contribution < -0.4 is 5.32 Å². The molecule has 2 N–H and O–H groups in total. The second kappa shape index (κ2) is 8.94. The van der Waals surface area contributed by atoms with Crippen LogP contribution in [0, 0.1) is 0 Å². The van der Waals surface area contributed by atoms with Crippen LogP contribution in [0.25, 0.3) is 6.08 Å². The van der Waals surface area contributed by atoms with E-state index in [0.29, 0.717) is 11.7 Å². The highest BCUT2D eigenvalue weighted by Crippen LogP contribution is 2.25. The lowest BCUT2D eigenvalue weighted by Gasteiger charge is -2.38. The van der Waals surface area contributed by atoms with Crippen molar-refractivity contribution in [3.63, 3.8) is 0 Å². The maximum Gasteiger partial charge on any atom is 0.328 e. The maximum atomic E-state index is 10.5. The first-order chi connectivity index (χ1) is 12.2. The van der Waals surface area contributed by atoms with Gasteiger partial charge in [0.1, 0.15) is 5.82 Å². The summed E-state index contributed by atoms with van der Waals surface area (Å²) in [5.41, 5.74) is 0.552. The van der Waals surface area contributed by atoms with E-state index in [1.54, 1.807) is 12.4 Å². The van der Waals surface area contributed by atoms with Crippen LogP contribution in [-0.4, -0.2) is 51.1 Å². The molecule has 1 aliphatic heterocycles. The van der Waals surface area contributed by atoms with Crippen LogP contribution in [0.3, 0.4) is 0 Å². The topological polar surface area (TPSA) is 78.3 Å². The molecule has 2 fully saturated rings. The van der Waals surface area contributed by atoms with Gasteiger partial charge in [-0.05, 0) is 38.3 Å². The van der Waals surface area contributed by atoms with Crippen molar-refractivity contribution in [3.05, 3.63) is 24.2 Å². The molecule has 6 nitrogen and oxygen atoms in total. The third kappa shape index (κ3) is 5.53. The van der Waals surface area contributed by atoms with E-state index in [0.717, 1.165) is 30.9 Å². The number of aliphatic carboxylic acids is 1. The normalized spacial score (nSPS) is 23.4. The van der Waals surface area contributed by atoms with Crippen LogP contribution in [0.1, 0.15) is 57.1 Å². The molecule has 1 atom stereocenters. The number of likely N-dealkylation sites (tertiary alicyclic amines) is 1. The largest absolute Gasteiger partial charge is 0.478 e. The molecule has 0 unspecified atom stereocenters. The van der Waals surface area contributed by atoms with Gasteiger partial charge in [0.25, 0.3) is 0 Å². The Morgan fingerprint density at radius 1 is 1.12 bits per heavy atom. The molecule has 0 amide bonds. The number of hydrogen-bond donors (Lipinski definition) is 2. The zero-order valence-electron chi connectivity index (χ0n) is 14.7. The number of carbonyl (C=O) groups is 1. The highest BCUT2D eigenvalue weighted by Gasteiger charge is 2.26. The number of rotatable bonds is 5. The Balaban J connectivity index is 1.54. The Morgan fingerprint density at radius 3 is 2.60 bits per heavy atom. The summed E-state index contributed by atoms with van der Waals surface area (Å²) in [4.78, 5) is 21.8. The summed E-state index contributed by atoms with van der Waals surface area (Å²) in [6.45, 7) is 2.29. The Hall–Kier alpha value is -1.95. The third-order valence-corrected chi connectivity index (χ3v) is 5.21. The number of piperidine rings is 1. The van der Waals surface area contributed by atoms with E-state index < -0.39 is 5.97 Å². The van der Waals surface area contributed by atoms with Gasteiger partial charge in [-0.3, -0.25) is 9.88 Å². The van der Waals surface area contributed by atoms with Crippen LogP contribution in [-0.2, 0) is 4.79 Å². The van der Waals surface area contributed by atoms with Gasteiger partial charge in [0.2, 0.25) is 0 Å². The zero-order chi connectivity index (χ0) is 17.5. The quantitative estimate of drug-likeness (QED) is 0.631. The molecule has 2 aliphatic rings. The van der Waals surface area contributed by atoms with Gasteiger partial charge in [0.15, 0.2) is 0 Å². The zero-order valence-corrected chi connectivity index (χ0v) is 14.7. The van der Waals surface area contributed by atoms with E-state index in [4.69, 9.17) is 5.11 Å². The summed E-state index contributed by atoms with van der Waals surface area (Å²) in [6, 6.07) is 1.16. The van der Waals surface area contributed by atoms with Gasteiger partial charge < -0.3 is 10.4 Å². The SMILES string of the molecule is O=C(O)/C=C/c1cnc(N[C@@H]2CCCN(C3CCCCCC3)C2)cn1. The smallest absolute Gasteiger partial charge is 0.328 e. The first-order valence-corrected chi connectivity index (χ1v) is 9.44. The molecule has 3 rings (SSSR count). The molecule has 1 aliphatic carbocycles. The van der Waals surface area contributed by atoms with Crippen LogP contribution >= 0.6 is 0 Å². The van der Waals surface area contributed by atoms with E-state index in [2.05, 4.69) is 20.2 Å². The monoisotopic (exact) mass is 344 g/mol. The minimum Gasteiger partial charge on any atom is -0.478 e. The van der Waals surface area contributed by atoms with Gasteiger partial charge in [-0.25, -0.2) is 9.78 Å². The number of carboxylic acids is 1. The van der Waals surface area contributed by atoms with Crippen molar-refractivity contribution in [1.82, 2.24) is 14.9 Å². The molecule has 2 heterocycles. The van der Waals surface area contributed by atoms with Gasteiger partial charge in [-0.1, -0.05) is 25.7 Å². The molecule has 1 saturated carbocycles. The summed E-state index contributed by atoms with van der Waals surface area (Å²) in [6.07, 6.45) is 16.4. The Kier molecular flexibility index (Phi) is 6.39. The van der Waals surface area contributed by atoms with Crippen molar-refractivity contribution >= 4 is 17.9 Å². The number of carboxylic acid groups (broad SMARTS) is 1. The van der Waals surface area contributed by atoms with Crippen molar-refractivity contribution in [2.45, 2.75) is 63.5 Å². The van der Waals surface area contributed by atoms with E-state index in [1.165, 1.54) is 57.6 Å². The van der Waals surface area contributed by atoms with Gasteiger partial charge in [-0.15, -0.1) is 0 Å². The van der Waals surface area contributed by atoms with Gasteiger partial charge in [-0.2, -0.15) is 0 Å². The van der Waals surface area contributed by atoms with Crippen molar-refractivity contribution < 1.29 is 9.90 Å². The average Bonchev–Trinajstić information content (AvgIpc) is 2.91. The summed E-state index contributed by atoms with van der Waals surface area (Å²) in [7, 11) is 0. The summed E-state index contributed by atoms with van der Waals surface area (Å²) >= 11 is 0. The molecule has 1 aromatic heterocycles. The summed E-state index contributed by atoms with van der Waals surface area (Å²) < 4.78 is 0. The fourth-order valence-corrected chi connectivity index (χ4v) is 3.94. The fourth-order valence-electron chi connectivity index (χ4n) is 3.94. The molecular weight excluding hydrogens is 316 g/mol. The molecule has 0 radical (unpaired) electrons. The Bertz CT molecular complexity index is 580. The van der Waals surface area contributed by atoms with Gasteiger partial charge >= 0.3 is 5.97 Å². The first-order valence-electron chi connectivity index (χ1n) is 9.44. The van der Waals surface area contributed by atoms with Crippen molar-refractivity contribution in [2.75, 3.05) is 18.4 Å². The molecule has 136 valence electrons. The molecule has 0 aromatic carbocycles. The predicted octanol–water partition coefficient (Wildman–Crippen LogP) is 3.17. The van der Waals surface area contributed by atoms with Crippen LogP contribution in [0.4, 0.5) is 5.82 Å². The molecule has 0 bridgehead atoms. The van der Waals surface area contributed by atoms with Crippen LogP contribution in [0.5, 0.6) is 0 Å². The van der Waals surface area contributed by atoms with E-state index in [1.807, 2.05) is 0 Å². The minimum absolute atomic E-state index is 0.409. The number of nitrogens with zero attached hydrogens (tertiary/aromatic N) is 3. The average molecular weight is 344 g/mol. The first kappa shape index (κ1) is 17.9. The molecule has 0 spiro atoms. The number of anilines is 1. The lowest BCUT2D eigenvalue weighted by molar-refractivity contribution is -0.131. The van der Waals surface area contributed by atoms with E-state index in [9.17, 15) is 4.79 Å². The van der Waals surface area contributed by atoms with E-state index in [-0.39, 0.29) is 0 Å². The summed E-state index contributed by atoms with van der Waals surface area (Å²) in [5.74, 6) is -0.218. The number of nitrogens with one attached hydrogen (secondary N) is 1. The van der Waals surface area contributed by atoms with E-state index >= 15 is 0 Å². The Morgan fingerprint density at radius 2 is 1.92 bits per heavy atom. The third-order valence-electron chi connectivity index (χ3n) is 5.21. The van der Waals surface area contributed by atoms with Crippen molar-refractivity contribution in [3.8, 4) is 0 Å². The molecular formula is C19H28N4O2. The standard InChI is InChI=1S/C19H28N4O2/c24-19(25)10-9-15-12-21-18(13-20-15)22-16-6-5-11-23(14-16)17-7-3-1-2-4-8-17/h9-10,12-13,16-17H,1-8,11,14H2,(H,21,22)(H,24,25)/b10-9+/t16-/m1/s1. The van der Waals surface area contributed by atoms with Crippen molar-refractivity contribution in [1.29, 1.82) is 0 Å². The molecule has 1 aromatic rings. The van der Waals surface area contributed by atoms with Gasteiger partial charge in [0, 0.05) is 24.7 Å². The number of hydrogen-bond acceptors (Lipinski definition) is 5. The fraction of sp³-hybridized carbons (Fsp3) is 0.632. The predicted molar refractivity (Wildman–Crippen MR) is 98.4 cm³/mol. The van der Waals surface area contributed by atoms with Crippen molar-refractivity contribution in [2.24, 2.45) is 0 Å². The Labute approximate surface area is 149 Å². The molecule has 1 saturated heterocycles. The molecule has 6 heteroatoms. The van der Waals surface area contributed by atoms with Gasteiger partial charge in [0.05, 0.1) is 18.1 Å². The molecule has 25 heavy (non-hydrogen) atoms. The highest BCUT2D eigenvalue weighted by atomic mass is 16.4. The van der Waals surface area contributed by atoms with Crippen LogP contribution in [0.2, 0.25) is 0 Å². The second-order valence-corrected chi connectivity index (χ2v) is 7.12.